The molecule has 3 heteroatoms. The highest BCUT2D eigenvalue weighted by molar-refractivity contribution is 5.14. The van der Waals surface area contributed by atoms with Crippen molar-refractivity contribution in [1.82, 2.24) is 5.43 Å². The highest BCUT2D eigenvalue weighted by Crippen LogP contribution is 2.23. The number of rotatable bonds is 9. The van der Waals surface area contributed by atoms with Crippen molar-refractivity contribution >= 4 is 0 Å². The Morgan fingerprint density at radius 1 is 1.26 bits per heavy atom. The number of nitrogens with two attached hydrogens (primary N) is 1. The Kier molecular flexibility index (Phi) is 7.06. The van der Waals surface area contributed by atoms with Gasteiger partial charge in [-0.3, -0.25) is 11.3 Å². The Morgan fingerprint density at radius 2 is 1.95 bits per heavy atom. The third kappa shape index (κ3) is 4.94. The van der Waals surface area contributed by atoms with E-state index in [9.17, 15) is 0 Å². The lowest BCUT2D eigenvalue weighted by molar-refractivity contribution is -0.0574. The highest BCUT2D eigenvalue weighted by atomic mass is 16.5. The van der Waals surface area contributed by atoms with Gasteiger partial charge in [0.1, 0.15) is 0 Å². The van der Waals surface area contributed by atoms with Crippen molar-refractivity contribution < 1.29 is 4.74 Å². The average molecular weight is 264 g/mol. The van der Waals surface area contributed by atoms with Crippen LogP contribution in [0.5, 0.6) is 0 Å². The van der Waals surface area contributed by atoms with Gasteiger partial charge in [-0.25, -0.2) is 0 Å². The Labute approximate surface area is 117 Å². The lowest BCUT2D eigenvalue weighted by atomic mass is 9.89. The molecule has 0 fully saturated rings. The van der Waals surface area contributed by atoms with Gasteiger partial charge < -0.3 is 4.74 Å². The van der Waals surface area contributed by atoms with Gasteiger partial charge in [0.25, 0.3) is 0 Å². The SMILES string of the molecule is CCOC(C)(CC)C(CCCc1ccccc1)NN. The van der Waals surface area contributed by atoms with Crippen LogP contribution < -0.4 is 11.3 Å². The fraction of sp³-hybridized carbons (Fsp3) is 0.625. The van der Waals surface area contributed by atoms with Gasteiger partial charge in [-0.1, -0.05) is 37.3 Å². The van der Waals surface area contributed by atoms with E-state index < -0.39 is 0 Å². The maximum Gasteiger partial charge on any atom is 0.0817 e. The molecule has 1 rings (SSSR count). The molecule has 3 nitrogen and oxygen atoms in total. The molecule has 19 heavy (non-hydrogen) atoms. The monoisotopic (exact) mass is 264 g/mol. The molecular formula is C16H28N2O. The Bertz CT molecular complexity index is 342. The van der Waals surface area contributed by atoms with Crippen LogP contribution in [-0.4, -0.2) is 18.2 Å². The molecule has 3 N–H and O–H groups in total. The maximum atomic E-state index is 5.89. The molecule has 0 aromatic heterocycles. The number of hydrogen-bond acceptors (Lipinski definition) is 3. The van der Waals surface area contributed by atoms with Crippen molar-refractivity contribution in [3.05, 3.63) is 35.9 Å². The Balaban J connectivity index is 2.48. The summed E-state index contributed by atoms with van der Waals surface area (Å²) in [7, 11) is 0. The van der Waals surface area contributed by atoms with Gasteiger partial charge >= 0.3 is 0 Å². The van der Waals surface area contributed by atoms with Crippen molar-refractivity contribution in [3.8, 4) is 0 Å². The highest BCUT2D eigenvalue weighted by Gasteiger charge is 2.31. The van der Waals surface area contributed by atoms with Crippen molar-refractivity contribution in [2.24, 2.45) is 5.84 Å². The third-order valence-corrected chi connectivity index (χ3v) is 3.92. The maximum absolute atomic E-state index is 5.89. The average Bonchev–Trinajstić information content (AvgIpc) is 2.45. The van der Waals surface area contributed by atoms with Crippen LogP contribution in [0.25, 0.3) is 0 Å². The fourth-order valence-electron chi connectivity index (χ4n) is 2.50. The molecule has 0 amide bonds. The lowest BCUT2D eigenvalue weighted by Gasteiger charge is -2.36. The largest absolute Gasteiger partial charge is 0.374 e. The van der Waals surface area contributed by atoms with Gasteiger partial charge in [-0.15, -0.1) is 0 Å². The first-order valence-electron chi connectivity index (χ1n) is 7.30. The number of hydrogen-bond donors (Lipinski definition) is 2. The van der Waals surface area contributed by atoms with Crippen LogP contribution >= 0.6 is 0 Å². The van der Waals surface area contributed by atoms with Crippen LogP contribution in [0, 0.1) is 0 Å². The number of nitrogens with one attached hydrogen (secondary N) is 1. The lowest BCUT2D eigenvalue weighted by Crippen LogP contribution is -2.53. The molecule has 0 saturated carbocycles. The van der Waals surface area contributed by atoms with Crippen LogP contribution in [0.2, 0.25) is 0 Å². The molecule has 0 aliphatic rings. The predicted molar refractivity (Wildman–Crippen MR) is 80.8 cm³/mol. The molecule has 0 aliphatic heterocycles. The first-order chi connectivity index (χ1) is 9.16. The molecular weight excluding hydrogens is 236 g/mol. The van der Waals surface area contributed by atoms with E-state index in [1.807, 2.05) is 6.92 Å². The minimum Gasteiger partial charge on any atom is -0.374 e. The summed E-state index contributed by atoms with van der Waals surface area (Å²) in [5.74, 6) is 5.71. The second-order valence-electron chi connectivity index (χ2n) is 5.20. The molecule has 0 heterocycles. The van der Waals surface area contributed by atoms with E-state index in [1.165, 1.54) is 5.56 Å². The first-order valence-corrected chi connectivity index (χ1v) is 7.30. The van der Waals surface area contributed by atoms with Gasteiger partial charge in [-0.2, -0.15) is 0 Å². The predicted octanol–water partition coefficient (Wildman–Crippen LogP) is 3.05. The molecule has 0 saturated heterocycles. The van der Waals surface area contributed by atoms with Gasteiger partial charge in [0.2, 0.25) is 0 Å². The van der Waals surface area contributed by atoms with Crippen LogP contribution in [0.15, 0.2) is 30.3 Å². The van der Waals surface area contributed by atoms with E-state index in [0.717, 1.165) is 32.3 Å². The molecule has 0 radical (unpaired) electrons. The summed E-state index contributed by atoms with van der Waals surface area (Å²) in [6.45, 7) is 7.05. The van der Waals surface area contributed by atoms with E-state index in [0.29, 0.717) is 0 Å². The van der Waals surface area contributed by atoms with E-state index >= 15 is 0 Å². The minimum atomic E-state index is -0.180. The number of ether oxygens (including phenoxy) is 1. The van der Waals surface area contributed by atoms with E-state index in [4.69, 9.17) is 10.6 Å². The zero-order chi connectivity index (χ0) is 14.1. The topological polar surface area (TPSA) is 47.3 Å². The van der Waals surface area contributed by atoms with E-state index in [1.54, 1.807) is 0 Å². The first kappa shape index (κ1) is 16.2. The second-order valence-corrected chi connectivity index (χ2v) is 5.20. The Hall–Kier alpha value is -0.900. The molecule has 1 aromatic carbocycles. The molecule has 0 spiro atoms. The van der Waals surface area contributed by atoms with Gasteiger partial charge in [0.15, 0.2) is 0 Å². The van der Waals surface area contributed by atoms with Crippen LogP contribution in [0.1, 0.15) is 45.6 Å². The number of aryl methyl sites for hydroxylation is 1. The van der Waals surface area contributed by atoms with Crippen molar-refractivity contribution in [1.29, 1.82) is 0 Å². The summed E-state index contributed by atoms with van der Waals surface area (Å²) >= 11 is 0. The van der Waals surface area contributed by atoms with Gasteiger partial charge in [0.05, 0.1) is 5.60 Å². The van der Waals surface area contributed by atoms with E-state index in [-0.39, 0.29) is 11.6 Å². The Morgan fingerprint density at radius 3 is 2.47 bits per heavy atom. The minimum absolute atomic E-state index is 0.180. The van der Waals surface area contributed by atoms with Gasteiger partial charge in [-0.05, 0) is 45.1 Å². The standard InChI is InChI=1S/C16H28N2O/c1-4-16(3,19-5-2)15(18-17)13-9-12-14-10-7-6-8-11-14/h6-8,10-11,15,18H,4-5,9,12-13,17H2,1-3H3. The fourth-order valence-corrected chi connectivity index (χ4v) is 2.50. The summed E-state index contributed by atoms with van der Waals surface area (Å²) < 4.78 is 5.89. The zero-order valence-electron chi connectivity index (χ0n) is 12.5. The number of hydrazine groups is 1. The van der Waals surface area contributed by atoms with Gasteiger partial charge in [0, 0.05) is 12.6 Å². The molecule has 0 aliphatic carbocycles. The molecule has 2 unspecified atom stereocenters. The quantitative estimate of drug-likeness (QED) is 0.532. The summed E-state index contributed by atoms with van der Waals surface area (Å²) in [6, 6.07) is 10.8. The van der Waals surface area contributed by atoms with Crippen molar-refractivity contribution in [2.45, 2.75) is 58.1 Å². The van der Waals surface area contributed by atoms with Crippen molar-refractivity contribution in [2.75, 3.05) is 6.61 Å². The smallest absolute Gasteiger partial charge is 0.0817 e. The van der Waals surface area contributed by atoms with Crippen LogP contribution in [-0.2, 0) is 11.2 Å². The number of benzene rings is 1. The van der Waals surface area contributed by atoms with Crippen LogP contribution in [0.4, 0.5) is 0 Å². The molecule has 108 valence electrons. The summed E-state index contributed by atoms with van der Waals surface area (Å²) in [5, 5.41) is 0. The normalized spacial score (nSPS) is 16.0. The summed E-state index contributed by atoms with van der Waals surface area (Å²) in [6.07, 6.45) is 4.18. The van der Waals surface area contributed by atoms with Crippen molar-refractivity contribution in [3.63, 3.8) is 0 Å². The second kappa shape index (κ2) is 8.31. The molecule has 0 bridgehead atoms. The molecule has 1 aromatic rings. The zero-order valence-corrected chi connectivity index (χ0v) is 12.5. The molecule has 2 atom stereocenters. The summed E-state index contributed by atoms with van der Waals surface area (Å²) in [5.41, 5.74) is 4.14. The summed E-state index contributed by atoms with van der Waals surface area (Å²) in [4.78, 5) is 0. The third-order valence-electron chi connectivity index (χ3n) is 3.92. The van der Waals surface area contributed by atoms with E-state index in [2.05, 4.69) is 49.6 Å². The van der Waals surface area contributed by atoms with Crippen LogP contribution in [0.3, 0.4) is 0 Å².